The second-order valence-corrected chi connectivity index (χ2v) is 7.83. The van der Waals surface area contributed by atoms with E-state index in [1.54, 1.807) is 38.3 Å². The Morgan fingerprint density at radius 1 is 1.19 bits per heavy atom. The largest absolute Gasteiger partial charge is 0.467 e. The van der Waals surface area contributed by atoms with Crippen molar-refractivity contribution in [1.82, 2.24) is 10.5 Å². The second kappa shape index (κ2) is 7.80. The highest BCUT2D eigenvalue weighted by atomic mass is 32.2. The van der Waals surface area contributed by atoms with Crippen LogP contribution in [0.5, 0.6) is 0 Å². The Hall–Kier alpha value is -2.85. The van der Waals surface area contributed by atoms with E-state index in [1.807, 2.05) is 6.07 Å². The third-order valence-electron chi connectivity index (χ3n) is 3.81. The van der Waals surface area contributed by atoms with Crippen LogP contribution in [0.3, 0.4) is 0 Å². The molecule has 0 saturated carbocycles. The van der Waals surface area contributed by atoms with Gasteiger partial charge in [-0.05, 0) is 62.5 Å². The van der Waals surface area contributed by atoms with Crippen LogP contribution >= 0.6 is 12.2 Å². The van der Waals surface area contributed by atoms with Crippen molar-refractivity contribution in [1.29, 1.82) is 0 Å². The Morgan fingerprint density at radius 2 is 1.93 bits per heavy atom. The number of benzene rings is 1. The molecule has 3 aromatic rings. The van der Waals surface area contributed by atoms with Crippen LogP contribution in [0.15, 0.2) is 56.5 Å². The molecule has 0 bridgehead atoms. The van der Waals surface area contributed by atoms with E-state index in [4.69, 9.17) is 21.2 Å². The molecule has 1 aromatic carbocycles. The van der Waals surface area contributed by atoms with Crippen molar-refractivity contribution >= 4 is 38.9 Å². The monoisotopic (exact) mass is 406 g/mol. The summed E-state index contributed by atoms with van der Waals surface area (Å²) in [5, 5.41) is 10.1. The summed E-state index contributed by atoms with van der Waals surface area (Å²) in [6.07, 6.45) is 1.59. The van der Waals surface area contributed by atoms with Crippen molar-refractivity contribution in [2.75, 3.05) is 10.0 Å². The molecule has 2 heterocycles. The minimum atomic E-state index is -3.78. The normalized spacial score (nSPS) is 11.2. The Balaban J connectivity index is 1.62. The van der Waals surface area contributed by atoms with Gasteiger partial charge in [0.2, 0.25) is 5.88 Å². The minimum Gasteiger partial charge on any atom is -0.467 e. The fraction of sp³-hybridized carbons (Fsp3) is 0.176. The Morgan fingerprint density at radius 3 is 2.52 bits per heavy atom. The average Bonchev–Trinajstić information content (AvgIpc) is 3.26. The summed E-state index contributed by atoms with van der Waals surface area (Å²) >= 11 is 5.20. The second-order valence-electron chi connectivity index (χ2n) is 5.74. The van der Waals surface area contributed by atoms with Gasteiger partial charge in [-0.1, -0.05) is 5.16 Å². The molecule has 0 atom stereocenters. The van der Waals surface area contributed by atoms with Gasteiger partial charge in [-0.2, -0.15) is 0 Å². The first-order chi connectivity index (χ1) is 12.8. The zero-order valence-electron chi connectivity index (χ0n) is 14.6. The van der Waals surface area contributed by atoms with E-state index in [0.29, 0.717) is 28.6 Å². The van der Waals surface area contributed by atoms with Gasteiger partial charge in [-0.25, -0.2) is 13.1 Å². The number of hydrogen-bond acceptors (Lipinski definition) is 6. The van der Waals surface area contributed by atoms with Crippen molar-refractivity contribution in [3.63, 3.8) is 0 Å². The van der Waals surface area contributed by atoms with Crippen LogP contribution in [-0.2, 0) is 16.6 Å². The maximum absolute atomic E-state index is 12.5. The molecule has 0 aliphatic carbocycles. The van der Waals surface area contributed by atoms with E-state index in [-0.39, 0.29) is 10.8 Å². The third kappa shape index (κ3) is 4.66. The standard InChI is InChI=1S/C17H18N4O4S2/c1-11-12(2)20-25-16(11)21-27(22,23)15-7-5-13(6-8-15)19-17(26)18-10-14-4-3-9-24-14/h3-9,21H,10H2,1-2H3,(H2,18,19,26). The Kier molecular flexibility index (Phi) is 5.47. The van der Waals surface area contributed by atoms with Crippen LogP contribution in [0, 0.1) is 13.8 Å². The number of nitrogens with zero attached hydrogens (tertiary/aromatic N) is 1. The van der Waals surface area contributed by atoms with Gasteiger partial charge in [-0.3, -0.25) is 0 Å². The van der Waals surface area contributed by atoms with Crippen LogP contribution in [-0.4, -0.2) is 18.7 Å². The molecule has 0 saturated heterocycles. The molecular formula is C17H18N4O4S2. The summed E-state index contributed by atoms with van der Waals surface area (Å²) < 4.78 is 37.5. The molecule has 0 aliphatic heterocycles. The van der Waals surface area contributed by atoms with Crippen molar-refractivity contribution in [3.05, 3.63) is 59.7 Å². The van der Waals surface area contributed by atoms with Gasteiger partial charge < -0.3 is 19.6 Å². The van der Waals surface area contributed by atoms with E-state index in [1.165, 1.54) is 12.1 Å². The van der Waals surface area contributed by atoms with Crippen molar-refractivity contribution < 1.29 is 17.4 Å². The number of aryl methyl sites for hydroxylation is 1. The zero-order valence-corrected chi connectivity index (χ0v) is 16.3. The van der Waals surface area contributed by atoms with Crippen LogP contribution in [0.25, 0.3) is 0 Å². The van der Waals surface area contributed by atoms with Gasteiger partial charge >= 0.3 is 0 Å². The summed E-state index contributed by atoms with van der Waals surface area (Å²) in [7, 11) is -3.78. The number of sulfonamides is 1. The molecule has 0 spiro atoms. The molecule has 10 heteroatoms. The smallest absolute Gasteiger partial charge is 0.264 e. The molecule has 0 aliphatic rings. The quantitative estimate of drug-likeness (QED) is 0.536. The number of nitrogens with one attached hydrogen (secondary N) is 3. The predicted octanol–water partition coefficient (Wildman–Crippen LogP) is 3.17. The number of furan rings is 1. The fourth-order valence-corrected chi connectivity index (χ4v) is 3.40. The summed E-state index contributed by atoms with van der Waals surface area (Å²) in [5.74, 6) is 0.864. The van der Waals surface area contributed by atoms with Crippen LogP contribution in [0.1, 0.15) is 17.0 Å². The van der Waals surface area contributed by atoms with Crippen LogP contribution in [0.2, 0.25) is 0 Å². The maximum Gasteiger partial charge on any atom is 0.264 e. The lowest BCUT2D eigenvalue weighted by Gasteiger charge is -2.10. The molecule has 0 unspecified atom stereocenters. The summed E-state index contributed by atoms with van der Waals surface area (Å²) in [6, 6.07) is 9.81. The van der Waals surface area contributed by atoms with Crippen molar-refractivity contribution in [2.24, 2.45) is 0 Å². The molecule has 0 fully saturated rings. The molecular weight excluding hydrogens is 388 g/mol. The van der Waals surface area contributed by atoms with Crippen molar-refractivity contribution in [3.8, 4) is 0 Å². The first-order valence-corrected chi connectivity index (χ1v) is 9.87. The first-order valence-electron chi connectivity index (χ1n) is 7.98. The molecule has 0 radical (unpaired) electrons. The number of hydrogen-bond donors (Lipinski definition) is 3. The molecule has 27 heavy (non-hydrogen) atoms. The van der Waals surface area contributed by atoms with Crippen LogP contribution < -0.4 is 15.4 Å². The molecule has 3 N–H and O–H groups in total. The van der Waals surface area contributed by atoms with Gasteiger partial charge in [0, 0.05) is 11.3 Å². The lowest BCUT2D eigenvalue weighted by molar-refractivity contribution is 0.430. The average molecular weight is 406 g/mol. The predicted molar refractivity (Wildman–Crippen MR) is 105 cm³/mol. The number of rotatable bonds is 6. The summed E-state index contributed by atoms with van der Waals surface area (Å²) in [6.45, 7) is 3.92. The van der Waals surface area contributed by atoms with Crippen molar-refractivity contribution in [2.45, 2.75) is 25.3 Å². The molecule has 2 aromatic heterocycles. The number of anilines is 2. The molecule has 0 amide bonds. The van der Waals surface area contributed by atoms with Gasteiger partial charge in [0.15, 0.2) is 5.11 Å². The van der Waals surface area contributed by atoms with Crippen LogP contribution in [0.4, 0.5) is 11.6 Å². The zero-order chi connectivity index (χ0) is 19.4. The van der Waals surface area contributed by atoms with E-state index in [2.05, 4.69) is 20.5 Å². The van der Waals surface area contributed by atoms with Gasteiger partial charge in [0.05, 0.1) is 23.4 Å². The first kappa shape index (κ1) is 18.9. The van der Waals surface area contributed by atoms with Gasteiger partial charge in [0.25, 0.3) is 10.0 Å². The van der Waals surface area contributed by atoms with E-state index in [0.717, 1.165) is 5.76 Å². The maximum atomic E-state index is 12.5. The highest BCUT2D eigenvalue weighted by molar-refractivity contribution is 7.92. The van der Waals surface area contributed by atoms with Gasteiger partial charge in [0.1, 0.15) is 5.76 Å². The third-order valence-corrected chi connectivity index (χ3v) is 5.40. The minimum absolute atomic E-state index is 0.0935. The lowest BCUT2D eigenvalue weighted by Crippen LogP contribution is -2.27. The van der Waals surface area contributed by atoms with E-state index >= 15 is 0 Å². The fourth-order valence-electron chi connectivity index (χ4n) is 2.16. The topological polar surface area (TPSA) is 109 Å². The highest BCUT2D eigenvalue weighted by Gasteiger charge is 2.19. The number of aromatic nitrogens is 1. The molecule has 3 rings (SSSR count). The molecule has 8 nitrogen and oxygen atoms in total. The molecule has 142 valence electrons. The Bertz CT molecular complexity index is 1030. The summed E-state index contributed by atoms with van der Waals surface area (Å²) in [4.78, 5) is 0.0935. The SMILES string of the molecule is Cc1noc(NS(=O)(=O)c2ccc(NC(=S)NCc3ccco3)cc2)c1C. The van der Waals surface area contributed by atoms with E-state index in [9.17, 15) is 8.42 Å². The van der Waals surface area contributed by atoms with Gasteiger partial charge in [-0.15, -0.1) is 0 Å². The van der Waals surface area contributed by atoms with E-state index < -0.39 is 10.0 Å². The lowest BCUT2D eigenvalue weighted by atomic mass is 10.3. The number of thiocarbonyl (C=S) groups is 1. The summed E-state index contributed by atoms with van der Waals surface area (Å²) in [5.41, 5.74) is 1.92. The Labute approximate surface area is 162 Å². The highest BCUT2D eigenvalue weighted by Crippen LogP contribution is 2.22.